The maximum Gasteiger partial charge on any atom is 0.114 e. The molecule has 1 heterocycles. The van der Waals surface area contributed by atoms with Gasteiger partial charge in [-0.25, -0.2) is 4.39 Å². The average Bonchev–Trinajstić information content (AvgIpc) is 2.10. The fraction of sp³-hybridized carbons (Fsp3) is 1.00. The van der Waals surface area contributed by atoms with Crippen LogP contribution in [0.15, 0.2) is 0 Å². The van der Waals surface area contributed by atoms with Gasteiger partial charge in [0.1, 0.15) is 6.17 Å². The Morgan fingerprint density at radius 2 is 2.10 bits per heavy atom. The summed E-state index contributed by atoms with van der Waals surface area (Å²) in [5.74, 6) is 0.589. The van der Waals surface area contributed by atoms with Crippen molar-refractivity contribution in [3.05, 3.63) is 0 Å². The molecule has 1 saturated heterocycles. The normalized spacial score (nSPS) is 35.7. The van der Waals surface area contributed by atoms with Crippen molar-refractivity contribution in [1.82, 2.24) is 4.90 Å². The van der Waals surface area contributed by atoms with Crippen molar-refractivity contribution in [3.8, 4) is 0 Å². The number of rotatable bonds is 1. The quantitative estimate of drug-likeness (QED) is 0.542. The highest BCUT2D eigenvalue weighted by molar-refractivity contribution is 4.84. The molecule has 0 saturated carbocycles. The number of alkyl halides is 1. The summed E-state index contributed by atoms with van der Waals surface area (Å²) in [5, 5.41) is 0. The summed E-state index contributed by atoms with van der Waals surface area (Å²) in [6, 6.07) is 0.468. The third-order valence-electron chi connectivity index (χ3n) is 2.32. The number of hydrogen-bond donors (Lipinski definition) is 0. The van der Waals surface area contributed by atoms with Crippen LogP contribution in [-0.4, -0.2) is 30.7 Å². The van der Waals surface area contributed by atoms with E-state index in [1.807, 2.05) is 7.05 Å². The summed E-state index contributed by atoms with van der Waals surface area (Å²) in [6.07, 6.45) is 0.145. The third kappa shape index (κ3) is 1.48. The molecule has 2 atom stereocenters. The Bertz CT molecular complexity index is 114. The number of halogens is 1. The topological polar surface area (TPSA) is 3.24 Å². The average molecular weight is 145 g/mol. The van der Waals surface area contributed by atoms with Gasteiger partial charge in [-0.15, -0.1) is 0 Å². The molecule has 0 aromatic heterocycles. The van der Waals surface area contributed by atoms with Gasteiger partial charge in [0.25, 0.3) is 0 Å². The van der Waals surface area contributed by atoms with E-state index in [9.17, 15) is 4.39 Å². The molecule has 0 aromatic rings. The van der Waals surface area contributed by atoms with Crippen LogP contribution in [0.5, 0.6) is 0 Å². The standard InChI is InChI=1S/C8H16FN/c1-6(2)8-4-7(9)5-10(8)3/h6-8H,4-5H2,1-3H3/t7-,8+/m0/s1. The van der Waals surface area contributed by atoms with Gasteiger partial charge < -0.3 is 4.90 Å². The van der Waals surface area contributed by atoms with Crippen LogP contribution in [0.2, 0.25) is 0 Å². The maximum absolute atomic E-state index is 12.7. The lowest BCUT2D eigenvalue weighted by Crippen LogP contribution is -2.29. The van der Waals surface area contributed by atoms with Crippen molar-refractivity contribution in [2.75, 3.05) is 13.6 Å². The highest BCUT2D eigenvalue weighted by Gasteiger charge is 2.30. The lowest BCUT2D eigenvalue weighted by atomic mass is 10.0. The van der Waals surface area contributed by atoms with Crippen LogP contribution in [0.4, 0.5) is 4.39 Å². The predicted octanol–water partition coefficient (Wildman–Crippen LogP) is 1.68. The van der Waals surface area contributed by atoms with E-state index in [-0.39, 0.29) is 0 Å². The van der Waals surface area contributed by atoms with Crippen molar-refractivity contribution in [2.24, 2.45) is 5.92 Å². The van der Waals surface area contributed by atoms with Crippen LogP contribution in [0.3, 0.4) is 0 Å². The van der Waals surface area contributed by atoms with Crippen molar-refractivity contribution in [1.29, 1.82) is 0 Å². The van der Waals surface area contributed by atoms with Crippen LogP contribution in [0.25, 0.3) is 0 Å². The first kappa shape index (κ1) is 7.99. The molecule has 0 amide bonds. The highest BCUT2D eigenvalue weighted by Crippen LogP contribution is 2.23. The van der Waals surface area contributed by atoms with Gasteiger partial charge in [0.2, 0.25) is 0 Å². The molecule has 1 aliphatic heterocycles. The molecule has 1 nitrogen and oxygen atoms in total. The summed E-state index contributed by atoms with van der Waals surface area (Å²) in [4.78, 5) is 2.12. The Labute approximate surface area is 62.2 Å². The van der Waals surface area contributed by atoms with Crippen molar-refractivity contribution in [3.63, 3.8) is 0 Å². The summed E-state index contributed by atoms with van der Waals surface area (Å²) in [7, 11) is 2.00. The van der Waals surface area contributed by atoms with Gasteiger partial charge in [-0.1, -0.05) is 13.8 Å². The van der Waals surface area contributed by atoms with Gasteiger partial charge in [-0.2, -0.15) is 0 Å². The Balaban J connectivity index is 2.46. The van der Waals surface area contributed by atoms with Crippen LogP contribution >= 0.6 is 0 Å². The SMILES string of the molecule is CC(C)[C@H]1C[C@H](F)CN1C. The fourth-order valence-corrected chi connectivity index (χ4v) is 1.75. The molecular formula is C8H16FN. The summed E-state index contributed by atoms with van der Waals surface area (Å²) >= 11 is 0. The van der Waals surface area contributed by atoms with Crippen LogP contribution < -0.4 is 0 Å². The molecule has 1 rings (SSSR count). The Kier molecular flexibility index (Phi) is 2.29. The van der Waals surface area contributed by atoms with Gasteiger partial charge in [-0.3, -0.25) is 0 Å². The monoisotopic (exact) mass is 145 g/mol. The number of hydrogen-bond acceptors (Lipinski definition) is 1. The largest absolute Gasteiger partial charge is 0.300 e. The van der Waals surface area contributed by atoms with E-state index in [1.54, 1.807) is 0 Å². The van der Waals surface area contributed by atoms with Crippen molar-refractivity contribution < 1.29 is 4.39 Å². The third-order valence-corrected chi connectivity index (χ3v) is 2.32. The Hall–Kier alpha value is -0.110. The van der Waals surface area contributed by atoms with Gasteiger partial charge in [0.15, 0.2) is 0 Å². The zero-order valence-corrected chi connectivity index (χ0v) is 6.97. The molecule has 60 valence electrons. The highest BCUT2D eigenvalue weighted by atomic mass is 19.1. The van der Waals surface area contributed by atoms with Crippen LogP contribution in [0.1, 0.15) is 20.3 Å². The number of nitrogens with zero attached hydrogens (tertiary/aromatic N) is 1. The van der Waals surface area contributed by atoms with Crippen molar-refractivity contribution in [2.45, 2.75) is 32.5 Å². The minimum Gasteiger partial charge on any atom is -0.300 e. The second-order valence-corrected chi connectivity index (χ2v) is 3.58. The first-order valence-electron chi connectivity index (χ1n) is 3.95. The molecule has 0 radical (unpaired) electrons. The second-order valence-electron chi connectivity index (χ2n) is 3.58. The summed E-state index contributed by atoms with van der Waals surface area (Å²) in [5.41, 5.74) is 0. The number of likely N-dealkylation sites (tertiary alicyclic amines) is 1. The van der Waals surface area contributed by atoms with E-state index in [2.05, 4.69) is 18.7 Å². The first-order chi connectivity index (χ1) is 4.61. The minimum atomic E-state index is -0.586. The molecule has 2 heteroatoms. The molecule has 0 N–H and O–H groups in total. The lowest BCUT2D eigenvalue weighted by Gasteiger charge is -2.22. The molecule has 0 aliphatic carbocycles. The second kappa shape index (κ2) is 2.87. The smallest absolute Gasteiger partial charge is 0.114 e. The molecule has 0 bridgehead atoms. The molecule has 1 fully saturated rings. The van der Waals surface area contributed by atoms with Gasteiger partial charge in [-0.05, 0) is 19.4 Å². The van der Waals surface area contributed by atoms with E-state index in [0.29, 0.717) is 18.5 Å². The van der Waals surface area contributed by atoms with Gasteiger partial charge in [0, 0.05) is 12.6 Å². The zero-order chi connectivity index (χ0) is 7.72. The van der Waals surface area contributed by atoms with E-state index in [1.165, 1.54) is 0 Å². The van der Waals surface area contributed by atoms with E-state index in [0.717, 1.165) is 6.42 Å². The molecule has 0 spiro atoms. The van der Waals surface area contributed by atoms with Gasteiger partial charge in [0.05, 0.1) is 0 Å². The van der Waals surface area contributed by atoms with E-state index >= 15 is 0 Å². The summed E-state index contributed by atoms with van der Waals surface area (Å²) < 4.78 is 12.7. The van der Waals surface area contributed by atoms with Crippen molar-refractivity contribution >= 4 is 0 Å². The Morgan fingerprint density at radius 3 is 2.30 bits per heavy atom. The minimum absolute atomic E-state index is 0.468. The lowest BCUT2D eigenvalue weighted by molar-refractivity contribution is 0.248. The molecule has 0 unspecified atom stereocenters. The zero-order valence-electron chi connectivity index (χ0n) is 6.97. The molecular weight excluding hydrogens is 129 g/mol. The molecule has 10 heavy (non-hydrogen) atoms. The molecule has 0 aromatic carbocycles. The summed E-state index contributed by atoms with van der Waals surface area (Å²) in [6.45, 7) is 4.93. The maximum atomic E-state index is 12.7. The first-order valence-corrected chi connectivity index (χ1v) is 3.95. The van der Waals surface area contributed by atoms with Gasteiger partial charge >= 0.3 is 0 Å². The van der Waals surface area contributed by atoms with Crippen LogP contribution in [-0.2, 0) is 0 Å². The fourth-order valence-electron chi connectivity index (χ4n) is 1.75. The van der Waals surface area contributed by atoms with E-state index in [4.69, 9.17) is 0 Å². The van der Waals surface area contributed by atoms with E-state index < -0.39 is 6.17 Å². The Morgan fingerprint density at radius 1 is 1.50 bits per heavy atom. The van der Waals surface area contributed by atoms with Crippen LogP contribution in [0, 0.1) is 5.92 Å². The molecule has 1 aliphatic rings. The predicted molar refractivity (Wildman–Crippen MR) is 40.8 cm³/mol.